The number of hydrogen-bond acceptors (Lipinski definition) is 5. The Morgan fingerprint density at radius 2 is 1.70 bits per heavy atom. The van der Waals surface area contributed by atoms with Crippen LogP contribution < -0.4 is 16.6 Å². The molecule has 5 N–H and O–H groups in total. The van der Waals surface area contributed by atoms with Gasteiger partial charge in [0.2, 0.25) is 0 Å². The van der Waals surface area contributed by atoms with E-state index < -0.39 is 11.8 Å². The highest BCUT2D eigenvalue weighted by Gasteiger charge is 2.45. The van der Waals surface area contributed by atoms with Gasteiger partial charge in [-0.05, 0) is 40.5 Å². The minimum absolute atomic E-state index is 0.0967. The molecule has 0 aliphatic carbocycles. The number of β-amino-alcohol motifs (C(OH)–C–C–N with tert-alkyl or cyclic N) is 1. The molecule has 1 aliphatic rings. The topological polar surface area (TPSA) is 108 Å². The number of nitrogens with zero attached hydrogens (tertiary/aromatic N) is 1. The lowest BCUT2D eigenvalue weighted by atomic mass is 9.77. The predicted octanol–water partition coefficient (Wildman–Crippen LogP) is -0.894. The Labute approximate surface area is 119 Å². The molecule has 2 amide bonds. The molecule has 1 fully saturated rings. The minimum atomic E-state index is -0.835. The quantitative estimate of drug-likeness (QED) is 0.233. The number of piperidine rings is 1. The second-order valence-corrected chi connectivity index (χ2v) is 6.55. The minimum Gasteiger partial charge on any atom is -0.395 e. The van der Waals surface area contributed by atoms with Gasteiger partial charge in [-0.2, -0.15) is 0 Å². The predicted molar refractivity (Wildman–Crippen MR) is 75.4 cm³/mol. The summed E-state index contributed by atoms with van der Waals surface area (Å²) in [4.78, 5) is 25.0. The molecule has 1 rings (SSSR count). The standard InChI is InChI=1S/C13H26N4O3/c1-12(2)7-9(15-10(19)11(20)16-14)8-13(3,4)17(12)5-6-18/h9,18H,5-8,14H2,1-4H3,(H,15,19)(H,16,20). The molecule has 0 aromatic rings. The SMILES string of the molecule is CC1(C)CC(NC(=O)C(=O)NN)CC(C)(C)N1CCO. The van der Waals surface area contributed by atoms with Crippen molar-refractivity contribution in [3.63, 3.8) is 0 Å². The third kappa shape index (κ3) is 3.68. The number of nitrogens with one attached hydrogen (secondary N) is 2. The van der Waals surface area contributed by atoms with E-state index in [0.717, 1.165) is 0 Å². The number of likely N-dealkylation sites (tertiary alicyclic amines) is 1. The third-order valence-electron chi connectivity index (χ3n) is 3.95. The van der Waals surface area contributed by atoms with Crippen LogP contribution in [0.15, 0.2) is 0 Å². The normalized spacial score (nSPS) is 22.3. The molecule has 0 saturated carbocycles. The summed E-state index contributed by atoms with van der Waals surface area (Å²) < 4.78 is 0. The number of nitrogens with two attached hydrogens (primary N) is 1. The van der Waals surface area contributed by atoms with Crippen LogP contribution in [0.25, 0.3) is 0 Å². The first-order valence-electron chi connectivity index (χ1n) is 6.84. The van der Waals surface area contributed by atoms with Crippen molar-refractivity contribution >= 4 is 11.8 Å². The molecule has 7 heteroatoms. The van der Waals surface area contributed by atoms with Crippen LogP contribution >= 0.6 is 0 Å². The number of aliphatic hydroxyl groups is 1. The number of amides is 2. The van der Waals surface area contributed by atoms with Crippen LogP contribution in [0.3, 0.4) is 0 Å². The van der Waals surface area contributed by atoms with E-state index in [4.69, 9.17) is 5.84 Å². The van der Waals surface area contributed by atoms with Gasteiger partial charge in [0, 0.05) is 23.7 Å². The highest BCUT2D eigenvalue weighted by atomic mass is 16.3. The first kappa shape index (κ1) is 16.9. The Kier molecular flexibility index (Phi) is 5.12. The van der Waals surface area contributed by atoms with Gasteiger partial charge < -0.3 is 10.4 Å². The number of carbonyl (C=O) groups is 2. The molecule has 0 aromatic heterocycles. The first-order chi connectivity index (χ1) is 9.14. The molecular formula is C13H26N4O3. The van der Waals surface area contributed by atoms with Crippen molar-refractivity contribution in [1.29, 1.82) is 0 Å². The van der Waals surface area contributed by atoms with Crippen LogP contribution in [0.4, 0.5) is 0 Å². The van der Waals surface area contributed by atoms with Gasteiger partial charge in [0.15, 0.2) is 0 Å². The van der Waals surface area contributed by atoms with Crippen LogP contribution in [-0.4, -0.2) is 52.1 Å². The van der Waals surface area contributed by atoms with E-state index in [9.17, 15) is 14.7 Å². The van der Waals surface area contributed by atoms with Crippen LogP contribution in [0.1, 0.15) is 40.5 Å². The molecule has 0 spiro atoms. The van der Waals surface area contributed by atoms with Gasteiger partial charge in [-0.25, -0.2) is 5.84 Å². The van der Waals surface area contributed by atoms with Crippen molar-refractivity contribution in [1.82, 2.24) is 15.6 Å². The summed E-state index contributed by atoms with van der Waals surface area (Å²) in [6.45, 7) is 8.98. The maximum Gasteiger partial charge on any atom is 0.323 e. The van der Waals surface area contributed by atoms with Crippen LogP contribution in [0.2, 0.25) is 0 Å². The highest BCUT2D eigenvalue weighted by Crippen LogP contribution is 2.37. The average molecular weight is 286 g/mol. The number of rotatable bonds is 3. The molecule has 0 aromatic carbocycles. The lowest BCUT2D eigenvalue weighted by Gasteiger charge is -2.55. The Bertz CT molecular complexity index is 364. The van der Waals surface area contributed by atoms with Crippen LogP contribution in [0.5, 0.6) is 0 Å². The van der Waals surface area contributed by atoms with Crippen molar-refractivity contribution < 1.29 is 14.7 Å². The molecule has 20 heavy (non-hydrogen) atoms. The van der Waals surface area contributed by atoms with Gasteiger partial charge in [-0.15, -0.1) is 0 Å². The van der Waals surface area contributed by atoms with Gasteiger partial charge >= 0.3 is 11.8 Å². The first-order valence-corrected chi connectivity index (χ1v) is 6.84. The molecule has 0 unspecified atom stereocenters. The van der Waals surface area contributed by atoms with E-state index in [1.54, 1.807) is 0 Å². The Morgan fingerprint density at radius 1 is 1.20 bits per heavy atom. The monoisotopic (exact) mass is 286 g/mol. The number of aliphatic hydroxyl groups excluding tert-OH is 1. The lowest BCUT2D eigenvalue weighted by Crippen LogP contribution is -2.65. The van der Waals surface area contributed by atoms with Gasteiger partial charge in [0.25, 0.3) is 0 Å². The summed E-state index contributed by atoms with van der Waals surface area (Å²) in [5.74, 6) is 3.41. The fourth-order valence-corrected chi connectivity index (χ4v) is 3.44. The highest BCUT2D eigenvalue weighted by molar-refractivity contribution is 6.34. The maximum absolute atomic E-state index is 11.6. The van der Waals surface area contributed by atoms with E-state index in [1.807, 2.05) is 5.43 Å². The Morgan fingerprint density at radius 3 is 2.10 bits per heavy atom. The van der Waals surface area contributed by atoms with Crippen LogP contribution in [-0.2, 0) is 9.59 Å². The van der Waals surface area contributed by atoms with E-state index in [1.165, 1.54) is 0 Å². The zero-order chi connectivity index (χ0) is 15.6. The van der Waals surface area contributed by atoms with Crippen molar-refractivity contribution in [2.75, 3.05) is 13.2 Å². The Hall–Kier alpha value is -1.18. The van der Waals surface area contributed by atoms with Crippen molar-refractivity contribution in [2.24, 2.45) is 5.84 Å². The second kappa shape index (κ2) is 6.07. The lowest BCUT2D eigenvalue weighted by molar-refractivity contribution is -0.140. The fourth-order valence-electron chi connectivity index (χ4n) is 3.44. The summed E-state index contributed by atoms with van der Waals surface area (Å²) in [6, 6.07) is -0.0975. The van der Waals surface area contributed by atoms with E-state index >= 15 is 0 Å². The summed E-state index contributed by atoms with van der Waals surface area (Å²) >= 11 is 0. The molecule has 1 aliphatic heterocycles. The number of hydrogen-bond donors (Lipinski definition) is 4. The van der Waals surface area contributed by atoms with Crippen LogP contribution in [0, 0.1) is 0 Å². The number of hydrazine groups is 1. The number of carbonyl (C=O) groups excluding carboxylic acids is 2. The largest absolute Gasteiger partial charge is 0.395 e. The van der Waals surface area contributed by atoms with Gasteiger partial charge in [-0.1, -0.05) is 0 Å². The molecule has 1 heterocycles. The van der Waals surface area contributed by atoms with Crippen molar-refractivity contribution in [2.45, 2.75) is 57.7 Å². The van der Waals surface area contributed by atoms with E-state index in [0.29, 0.717) is 19.4 Å². The smallest absolute Gasteiger partial charge is 0.323 e. The molecule has 0 radical (unpaired) electrons. The van der Waals surface area contributed by atoms with Gasteiger partial charge in [0.05, 0.1) is 6.61 Å². The van der Waals surface area contributed by atoms with Gasteiger partial charge in [-0.3, -0.25) is 19.9 Å². The Balaban J connectivity index is 2.81. The van der Waals surface area contributed by atoms with E-state index in [-0.39, 0.29) is 23.7 Å². The second-order valence-electron chi connectivity index (χ2n) is 6.55. The molecule has 0 bridgehead atoms. The van der Waals surface area contributed by atoms with Crippen molar-refractivity contribution in [3.8, 4) is 0 Å². The fraction of sp³-hybridized carbons (Fsp3) is 0.846. The van der Waals surface area contributed by atoms with Crippen molar-refractivity contribution in [3.05, 3.63) is 0 Å². The maximum atomic E-state index is 11.6. The molecule has 116 valence electrons. The zero-order valence-electron chi connectivity index (χ0n) is 12.7. The molecule has 0 atom stereocenters. The summed E-state index contributed by atoms with van der Waals surface area (Å²) in [5.41, 5.74) is 1.47. The third-order valence-corrected chi connectivity index (χ3v) is 3.95. The van der Waals surface area contributed by atoms with Gasteiger partial charge in [0.1, 0.15) is 0 Å². The zero-order valence-corrected chi connectivity index (χ0v) is 12.7. The summed E-state index contributed by atoms with van der Waals surface area (Å²) in [5, 5.41) is 11.9. The summed E-state index contributed by atoms with van der Waals surface area (Å²) in [6.07, 6.45) is 1.42. The molecule has 7 nitrogen and oxygen atoms in total. The van der Waals surface area contributed by atoms with E-state index in [2.05, 4.69) is 37.9 Å². The molecule has 1 saturated heterocycles. The summed E-state index contributed by atoms with van der Waals surface area (Å²) in [7, 11) is 0. The molecular weight excluding hydrogens is 260 g/mol. The average Bonchev–Trinajstić information content (AvgIpc) is 2.31.